The second kappa shape index (κ2) is 7.81. The fourth-order valence-electron chi connectivity index (χ4n) is 5.60. The van der Waals surface area contributed by atoms with Crippen LogP contribution in [-0.2, 0) is 16.1 Å². The van der Waals surface area contributed by atoms with Gasteiger partial charge in [0, 0.05) is 24.3 Å². The molecule has 0 spiro atoms. The van der Waals surface area contributed by atoms with Crippen LogP contribution in [0.3, 0.4) is 0 Å². The Morgan fingerprint density at radius 2 is 1.61 bits per heavy atom. The van der Waals surface area contributed by atoms with E-state index >= 15 is 0 Å². The molecule has 0 amide bonds. The summed E-state index contributed by atoms with van der Waals surface area (Å²) in [5.41, 5.74) is 3.69. The number of carbonyl (C=O) groups excluding carboxylic acids is 1. The molecule has 1 aliphatic heterocycles. The van der Waals surface area contributed by atoms with Crippen molar-refractivity contribution in [3.05, 3.63) is 60.2 Å². The molecule has 4 atom stereocenters. The predicted molar refractivity (Wildman–Crippen MR) is 111 cm³/mol. The van der Waals surface area contributed by atoms with Crippen molar-refractivity contribution < 1.29 is 9.53 Å². The standard InChI is InChI=1S/C25H29NO2/c27-23-15-22-24(16-21(23)25(22)26-13-5-2-6-14-26)28-17-18-9-11-20(12-10-18)19-7-3-1-4-8-19/h1,3-4,7-12,21-22,24-25H,2,5-6,13-17H2. The van der Waals surface area contributed by atoms with Crippen molar-refractivity contribution in [1.82, 2.24) is 4.90 Å². The number of nitrogens with zero attached hydrogens (tertiary/aromatic N) is 1. The van der Waals surface area contributed by atoms with Crippen LogP contribution >= 0.6 is 0 Å². The van der Waals surface area contributed by atoms with Crippen molar-refractivity contribution in [2.75, 3.05) is 13.1 Å². The molecule has 3 fully saturated rings. The van der Waals surface area contributed by atoms with E-state index in [9.17, 15) is 4.79 Å². The van der Waals surface area contributed by atoms with Crippen LogP contribution in [0.25, 0.3) is 11.1 Å². The normalized spacial score (nSPS) is 30.1. The van der Waals surface area contributed by atoms with E-state index in [0.29, 0.717) is 24.3 Å². The van der Waals surface area contributed by atoms with Crippen molar-refractivity contribution in [1.29, 1.82) is 0 Å². The summed E-state index contributed by atoms with van der Waals surface area (Å²) in [7, 11) is 0. The molecule has 2 bridgehead atoms. The number of rotatable bonds is 5. The van der Waals surface area contributed by atoms with E-state index in [-0.39, 0.29) is 12.0 Å². The maximum atomic E-state index is 12.4. The molecule has 2 saturated carbocycles. The van der Waals surface area contributed by atoms with Crippen LogP contribution in [0, 0.1) is 11.8 Å². The van der Waals surface area contributed by atoms with E-state index in [2.05, 4.69) is 53.4 Å². The average molecular weight is 376 g/mol. The van der Waals surface area contributed by atoms with Gasteiger partial charge in [0.15, 0.2) is 0 Å². The van der Waals surface area contributed by atoms with E-state index in [0.717, 1.165) is 12.8 Å². The van der Waals surface area contributed by atoms with Crippen LogP contribution in [0.2, 0.25) is 0 Å². The third kappa shape index (κ3) is 3.42. The van der Waals surface area contributed by atoms with Crippen molar-refractivity contribution in [3.63, 3.8) is 0 Å². The first kappa shape index (κ1) is 18.1. The van der Waals surface area contributed by atoms with E-state index in [1.807, 2.05) is 6.07 Å². The van der Waals surface area contributed by atoms with Crippen LogP contribution in [0.5, 0.6) is 0 Å². The van der Waals surface area contributed by atoms with Gasteiger partial charge in [-0.1, -0.05) is 61.0 Å². The van der Waals surface area contributed by atoms with Gasteiger partial charge in [-0.25, -0.2) is 0 Å². The van der Waals surface area contributed by atoms with Gasteiger partial charge in [0.2, 0.25) is 0 Å². The lowest BCUT2D eigenvalue weighted by Gasteiger charge is -2.35. The summed E-state index contributed by atoms with van der Waals surface area (Å²) < 4.78 is 6.36. The van der Waals surface area contributed by atoms with Crippen LogP contribution in [0.1, 0.15) is 37.7 Å². The Balaban J connectivity index is 1.22. The van der Waals surface area contributed by atoms with Gasteiger partial charge < -0.3 is 4.74 Å². The summed E-state index contributed by atoms with van der Waals surface area (Å²) in [5.74, 6) is 1.10. The van der Waals surface area contributed by atoms with Crippen molar-refractivity contribution in [3.8, 4) is 11.1 Å². The van der Waals surface area contributed by atoms with E-state index in [1.54, 1.807) is 0 Å². The first-order valence-corrected chi connectivity index (χ1v) is 10.8. The number of hydrogen-bond acceptors (Lipinski definition) is 3. The second-order valence-corrected chi connectivity index (χ2v) is 8.68. The zero-order valence-electron chi connectivity index (χ0n) is 16.4. The summed E-state index contributed by atoms with van der Waals surface area (Å²) >= 11 is 0. The lowest BCUT2D eigenvalue weighted by atomic mass is 9.96. The number of ketones is 1. The van der Waals surface area contributed by atoms with Crippen molar-refractivity contribution >= 4 is 5.78 Å². The maximum absolute atomic E-state index is 12.4. The molecule has 146 valence electrons. The summed E-state index contributed by atoms with van der Waals surface area (Å²) in [6.07, 6.45) is 5.79. The Labute approximate surface area is 167 Å². The topological polar surface area (TPSA) is 29.5 Å². The van der Waals surface area contributed by atoms with Gasteiger partial charge in [0.1, 0.15) is 5.78 Å². The molecule has 2 aliphatic carbocycles. The quantitative estimate of drug-likeness (QED) is 0.758. The van der Waals surface area contributed by atoms with Gasteiger partial charge in [-0.15, -0.1) is 0 Å². The molecule has 2 aromatic carbocycles. The lowest BCUT2D eigenvalue weighted by molar-refractivity contribution is -0.124. The Hall–Kier alpha value is -1.97. The predicted octanol–water partition coefficient (Wildman–Crippen LogP) is 4.70. The number of piperidine rings is 1. The Kier molecular flexibility index (Phi) is 5.04. The van der Waals surface area contributed by atoms with Crippen LogP contribution < -0.4 is 0 Å². The number of hydrogen-bond donors (Lipinski definition) is 0. The molecule has 3 heteroatoms. The molecule has 28 heavy (non-hydrogen) atoms. The van der Waals surface area contributed by atoms with Gasteiger partial charge in [0.25, 0.3) is 0 Å². The minimum Gasteiger partial charge on any atom is -0.373 e. The number of ether oxygens (including phenoxy) is 1. The highest BCUT2D eigenvalue weighted by Crippen LogP contribution is 2.47. The molecule has 3 nitrogen and oxygen atoms in total. The van der Waals surface area contributed by atoms with Crippen LogP contribution in [-0.4, -0.2) is 35.9 Å². The summed E-state index contributed by atoms with van der Waals surface area (Å²) in [5, 5.41) is 0. The number of likely N-dealkylation sites (tertiary alicyclic amines) is 1. The van der Waals surface area contributed by atoms with Gasteiger partial charge in [-0.3, -0.25) is 9.69 Å². The maximum Gasteiger partial charge on any atom is 0.138 e. The summed E-state index contributed by atoms with van der Waals surface area (Å²) in [6.45, 7) is 2.97. The van der Waals surface area contributed by atoms with E-state index in [4.69, 9.17) is 4.74 Å². The smallest absolute Gasteiger partial charge is 0.138 e. The fraction of sp³-hybridized carbons (Fsp3) is 0.480. The Morgan fingerprint density at radius 3 is 2.36 bits per heavy atom. The summed E-state index contributed by atoms with van der Waals surface area (Å²) in [6, 6.07) is 19.6. The lowest BCUT2D eigenvalue weighted by Crippen LogP contribution is -2.43. The number of carbonyl (C=O) groups is 1. The molecule has 3 aliphatic rings. The molecule has 5 rings (SSSR count). The number of fused-ring (bicyclic) bond motifs is 2. The largest absolute Gasteiger partial charge is 0.373 e. The molecule has 1 saturated heterocycles. The third-order valence-electron chi connectivity index (χ3n) is 7.00. The Morgan fingerprint density at radius 1 is 0.893 bits per heavy atom. The molecular weight excluding hydrogens is 346 g/mol. The fourth-order valence-corrected chi connectivity index (χ4v) is 5.60. The highest BCUT2D eigenvalue weighted by atomic mass is 16.5. The first-order chi connectivity index (χ1) is 13.8. The highest BCUT2D eigenvalue weighted by Gasteiger charge is 2.55. The first-order valence-electron chi connectivity index (χ1n) is 10.8. The van der Waals surface area contributed by atoms with Crippen molar-refractivity contribution in [2.45, 2.75) is 50.9 Å². The molecule has 2 aromatic rings. The molecule has 0 aromatic heterocycles. The molecule has 0 N–H and O–H groups in total. The summed E-state index contributed by atoms with van der Waals surface area (Å²) in [4.78, 5) is 15.0. The molecule has 4 unspecified atom stereocenters. The minimum atomic E-state index is 0.216. The van der Waals surface area contributed by atoms with Gasteiger partial charge in [0.05, 0.1) is 12.7 Å². The molecular formula is C25H29NO2. The zero-order valence-corrected chi connectivity index (χ0v) is 16.4. The highest BCUT2D eigenvalue weighted by molar-refractivity contribution is 5.86. The van der Waals surface area contributed by atoms with E-state index < -0.39 is 0 Å². The van der Waals surface area contributed by atoms with Crippen LogP contribution in [0.15, 0.2) is 54.6 Å². The van der Waals surface area contributed by atoms with Gasteiger partial charge in [-0.2, -0.15) is 0 Å². The molecule has 1 heterocycles. The number of benzene rings is 2. The third-order valence-corrected chi connectivity index (χ3v) is 7.00. The SMILES string of the molecule is O=C1CC2C(OCc3ccc(-c4ccccc4)cc3)CC1C2N1CCCCC1. The Bertz CT molecular complexity index is 810. The van der Waals surface area contributed by atoms with Gasteiger partial charge in [-0.05, 0) is 49.0 Å². The number of Topliss-reactive ketones (excluding diaryl/α,β-unsaturated/α-hetero) is 1. The van der Waals surface area contributed by atoms with E-state index in [1.165, 1.54) is 49.0 Å². The molecule has 0 radical (unpaired) electrons. The zero-order chi connectivity index (χ0) is 18.9. The monoisotopic (exact) mass is 375 g/mol. The second-order valence-electron chi connectivity index (χ2n) is 8.68. The average Bonchev–Trinajstić information content (AvgIpc) is 3.28. The van der Waals surface area contributed by atoms with Crippen molar-refractivity contribution in [2.24, 2.45) is 11.8 Å². The van der Waals surface area contributed by atoms with Gasteiger partial charge >= 0.3 is 0 Å². The minimum absolute atomic E-state index is 0.216. The van der Waals surface area contributed by atoms with Crippen LogP contribution in [0.4, 0.5) is 0 Å².